The number of alkyl halides is 3. The molecule has 2 aromatic rings. The quantitative estimate of drug-likeness (QED) is 0.459. The van der Waals surface area contributed by atoms with Crippen LogP contribution in [0.1, 0.15) is 56.7 Å². The lowest BCUT2D eigenvalue weighted by Crippen LogP contribution is -2.72. The minimum absolute atomic E-state index is 0.00174. The van der Waals surface area contributed by atoms with Gasteiger partial charge in [0.25, 0.3) is 0 Å². The number of carbonyl (C=O) groups is 3. The first-order valence-electron chi connectivity index (χ1n) is 12.8. The van der Waals surface area contributed by atoms with E-state index in [1.54, 1.807) is 40.0 Å². The van der Waals surface area contributed by atoms with E-state index in [-0.39, 0.29) is 62.6 Å². The van der Waals surface area contributed by atoms with Crippen molar-refractivity contribution in [3.8, 4) is 5.75 Å². The molecule has 1 spiro atoms. The molecule has 2 aromatic carbocycles. The van der Waals surface area contributed by atoms with Crippen LogP contribution in [-0.2, 0) is 38.4 Å². The summed E-state index contributed by atoms with van der Waals surface area (Å²) in [5.41, 5.74) is -1.28. The first-order chi connectivity index (χ1) is 18.2. The van der Waals surface area contributed by atoms with E-state index >= 15 is 0 Å². The van der Waals surface area contributed by atoms with E-state index in [4.69, 9.17) is 9.47 Å². The van der Waals surface area contributed by atoms with Gasteiger partial charge in [0.15, 0.2) is 0 Å². The maximum absolute atomic E-state index is 13.9. The zero-order chi connectivity index (χ0) is 28.6. The zero-order valence-corrected chi connectivity index (χ0v) is 22.5. The van der Waals surface area contributed by atoms with E-state index in [1.165, 1.54) is 21.9 Å². The number of halogens is 3. The monoisotopic (exact) mass is 546 g/mol. The number of hydrogen-bond donors (Lipinski definition) is 0. The third kappa shape index (κ3) is 6.37. The average molecular weight is 547 g/mol. The van der Waals surface area contributed by atoms with E-state index in [0.29, 0.717) is 11.3 Å². The lowest BCUT2D eigenvalue weighted by atomic mass is 9.64. The molecule has 0 radical (unpaired) electrons. The number of amides is 2. The summed E-state index contributed by atoms with van der Waals surface area (Å²) in [5.74, 6) is -0.388. The highest BCUT2D eigenvalue weighted by atomic mass is 19.4. The van der Waals surface area contributed by atoms with Crippen LogP contribution in [-0.4, -0.2) is 52.4 Å². The van der Waals surface area contributed by atoms with E-state index in [2.05, 4.69) is 0 Å². The molecule has 2 fully saturated rings. The highest BCUT2D eigenvalue weighted by molar-refractivity contribution is 5.99. The molecule has 0 aromatic heterocycles. The second kappa shape index (κ2) is 10.5. The molecule has 0 unspecified atom stereocenters. The molecule has 39 heavy (non-hydrogen) atoms. The van der Waals surface area contributed by atoms with Gasteiger partial charge in [0, 0.05) is 19.5 Å². The summed E-state index contributed by atoms with van der Waals surface area (Å²) in [6, 6.07) is 11.8. The maximum Gasteiger partial charge on any atom is 0.416 e. The van der Waals surface area contributed by atoms with Gasteiger partial charge < -0.3 is 19.3 Å². The van der Waals surface area contributed by atoms with Gasteiger partial charge in [0.05, 0.1) is 12.7 Å². The highest BCUT2D eigenvalue weighted by Crippen LogP contribution is 2.48. The summed E-state index contributed by atoms with van der Waals surface area (Å²) >= 11 is 0. The standard InChI is InChI=1S/C29H33F3N2O5/c1-27(2,3)39-25(36)13-21-14-28(15-21)26(37)33(16-19-7-11-23(38-4)12-8-19)18-24(35)34(28)17-20-5-9-22(10-6-20)29(30,31)32/h5-12,21H,13-18H2,1-4H3. The zero-order valence-electron chi connectivity index (χ0n) is 22.5. The number of esters is 1. The summed E-state index contributed by atoms with van der Waals surface area (Å²) in [5, 5.41) is 0. The number of ether oxygens (including phenoxy) is 2. The molecule has 1 aliphatic heterocycles. The molecule has 2 aliphatic rings. The Bertz CT molecular complexity index is 1210. The number of benzene rings is 2. The number of piperazine rings is 1. The Hall–Kier alpha value is -3.56. The van der Waals surface area contributed by atoms with Crippen LogP contribution in [0.25, 0.3) is 0 Å². The van der Waals surface area contributed by atoms with Gasteiger partial charge in [-0.3, -0.25) is 14.4 Å². The number of hydrogen-bond acceptors (Lipinski definition) is 5. The number of carbonyl (C=O) groups excluding carboxylic acids is 3. The second-order valence-corrected chi connectivity index (χ2v) is 11.3. The van der Waals surface area contributed by atoms with E-state index in [1.807, 2.05) is 12.1 Å². The van der Waals surface area contributed by atoms with Crippen LogP contribution in [0.3, 0.4) is 0 Å². The fourth-order valence-electron chi connectivity index (χ4n) is 5.32. The number of nitrogens with zero attached hydrogens (tertiary/aromatic N) is 2. The van der Waals surface area contributed by atoms with E-state index in [9.17, 15) is 27.6 Å². The topological polar surface area (TPSA) is 76.2 Å². The van der Waals surface area contributed by atoms with Gasteiger partial charge in [-0.1, -0.05) is 24.3 Å². The minimum Gasteiger partial charge on any atom is -0.497 e. The molecule has 210 valence electrons. The van der Waals surface area contributed by atoms with Crippen LogP contribution in [0, 0.1) is 5.92 Å². The van der Waals surface area contributed by atoms with Crippen molar-refractivity contribution < 1.29 is 37.0 Å². The van der Waals surface area contributed by atoms with Crippen molar-refractivity contribution >= 4 is 17.8 Å². The Labute approximate surface area is 225 Å². The summed E-state index contributed by atoms with van der Waals surface area (Å²) in [4.78, 5) is 42.7. The van der Waals surface area contributed by atoms with Gasteiger partial charge in [-0.2, -0.15) is 13.2 Å². The molecule has 0 bridgehead atoms. The smallest absolute Gasteiger partial charge is 0.416 e. The first kappa shape index (κ1) is 28.4. The molecule has 2 amide bonds. The Kier molecular flexibility index (Phi) is 7.69. The molecule has 4 rings (SSSR count). The van der Waals surface area contributed by atoms with Crippen LogP contribution in [0.5, 0.6) is 5.75 Å². The lowest BCUT2D eigenvalue weighted by molar-refractivity contribution is -0.180. The molecule has 0 atom stereocenters. The Morgan fingerprint density at radius 1 is 0.949 bits per heavy atom. The van der Waals surface area contributed by atoms with Crippen LogP contribution in [0.15, 0.2) is 48.5 Å². The number of methoxy groups -OCH3 is 1. The first-order valence-corrected chi connectivity index (χ1v) is 12.8. The molecule has 7 nitrogen and oxygen atoms in total. The fourth-order valence-corrected chi connectivity index (χ4v) is 5.32. The molecule has 1 saturated heterocycles. The third-order valence-corrected chi connectivity index (χ3v) is 7.11. The van der Waals surface area contributed by atoms with Crippen molar-refractivity contribution in [2.24, 2.45) is 5.92 Å². The van der Waals surface area contributed by atoms with Crippen molar-refractivity contribution in [1.29, 1.82) is 0 Å². The van der Waals surface area contributed by atoms with Gasteiger partial charge in [-0.15, -0.1) is 0 Å². The van der Waals surface area contributed by atoms with Crippen molar-refractivity contribution in [2.45, 2.75) is 70.4 Å². The van der Waals surface area contributed by atoms with Crippen molar-refractivity contribution in [3.63, 3.8) is 0 Å². The van der Waals surface area contributed by atoms with Gasteiger partial charge in [-0.05, 0) is 74.9 Å². The van der Waals surface area contributed by atoms with Gasteiger partial charge in [0.2, 0.25) is 11.8 Å². The molecular weight excluding hydrogens is 513 g/mol. The largest absolute Gasteiger partial charge is 0.497 e. The Balaban J connectivity index is 1.55. The molecular formula is C29H33F3N2O5. The average Bonchev–Trinajstić information content (AvgIpc) is 2.82. The second-order valence-electron chi connectivity index (χ2n) is 11.3. The summed E-state index contributed by atoms with van der Waals surface area (Å²) in [7, 11) is 1.56. The predicted molar refractivity (Wildman–Crippen MR) is 136 cm³/mol. The fraction of sp³-hybridized carbons (Fsp3) is 0.483. The van der Waals surface area contributed by atoms with Crippen LogP contribution in [0.4, 0.5) is 13.2 Å². The SMILES string of the molecule is COc1ccc(CN2CC(=O)N(Cc3ccc(C(F)(F)F)cc3)C3(CC(CC(=O)OC(C)(C)C)C3)C2=O)cc1. The van der Waals surface area contributed by atoms with Gasteiger partial charge in [0.1, 0.15) is 23.4 Å². The van der Waals surface area contributed by atoms with Gasteiger partial charge >= 0.3 is 12.1 Å². The number of rotatable bonds is 7. The van der Waals surface area contributed by atoms with Gasteiger partial charge in [-0.25, -0.2) is 0 Å². The lowest BCUT2D eigenvalue weighted by Gasteiger charge is -2.57. The Morgan fingerprint density at radius 2 is 1.51 bits per heavy atom. The molecule has 1 heterocycles. The summed E-state index contributed by atoms with van der Waals surface area (Å²) in [6.07, 6.45) is -3.80. The van der Waals surface area contributed by atoms with Crippen LogP contribution in [0.2, 0.25) is 0 Å². The minimum atomic E-state index is -4.47. The normalized spacial score (nSPS) is 21.7. The molecule has 1 saturated carbocycles. The van der Waals surface area contributed by atoms with Crippen molar-refractivity contribution in [1.82, 2.24) is 9.80 Å². The molecule has 10 heteroatoms. The molecule has 0 N–H and O–H groups in total. The van der Waals surface area contributed by atoms with E-state index in [0.717, 1.165) is 17.7 Å². The summed E-state index contributed by atoms with van der Waals surface area (Å²) < 4.78 is 49.7. The Morgan fingerprint density at radius 3 is 2.05 bits per heavy atom. The highest BCUT2D eigenvalue weighted by Gasteiger charge is 2.59. The predicted octanol–water partition coefficient (Wildman–Crippen LogP) is 4.97. The summed E-state index contributed by atoms with van der Waals surface area (Å²) in [6.45, 7) is 5.40. The third-order valence-electron chi connectivity index (χ3n) is 7.11. The molecule has 1 aliphatic carbocycles. The maximum atomic E-state index is 13.9. The van der Waals surface area contributed by atoms with Crippen molar-refractivity contribution in [2.75, 3.05) is 13.7 Å². The van der Waals surface area contributed by atoms with Crippen LogP contribution >= 0.6 is 0 Å². The van der Waals surface area contributed by atoms with Crippen molar-refractivity contribution in [3.05, 3.63) is 65.2 Å². The van der Waals surface area contributed by atoms with E-state index < -0.39 is 22.9 Å². The van der Waals surface area contributed by atoms with Crippen LogP contribution < -0.4 is 4.74 Å².